The average Bonchev–Trinajstić information content (AvgIpc) is 3.10. The molecule has 2 aliphatic rings. The molecule has 1 N–H and O–H groups in total. The zero-order valence-corrected chi connectivity index (χ0v) is 15.4. The maximum absolute atomic E-state index is 14.6. The smallest absolute Gasteiger partial charge is 0.256 e. The molecule has 2 aromatic rings. The minimum absolute atomic E-state index is 0.156. The summed E-state index contributed by atoms with van der Waals surface area (Å²) in [4.78, 5) is 14.6. The summed E-state index contributed by atoms with van der Waals surface area (Å²) in [5.74, 6) is -0.670. The lowest BCUT2D eigenvalue weighted by atomic mass is 9.78. The third-order valence-electron chi connectivity index (χ3n) is 5.82. The van der Waals surface area contributed by atoms with Crippen molar-refractivity contribution < 1.29 is 9.18 Å². The molecule has 1 spiro atoms. The number of rotatable bonds is 2. The van der Waals surface area contributed by atoms with E-state index in [1.54, 1.807) is 29.2 Å². The molecule has 3 nitrogen and oxygen atoms in total. The topological polar surface area (TPSA) is 32.3 Å². The second kappa shape index (κ2) is 7.01. The van der Waals surface area contributed by atoms with Gasteiger partial charge in [-0.05, 0) is 66.6 Å². The van der Waals surface area contributed by atoms with E-state index in [2.05, 4.69) is 5.32 Å². The number of hydrogen-bond donors (Lipinski definition) is 1. The van der Waals surface area contributed by atoms with Crippen LogP contribution in [-0.2, 0) is 0 Å². The number of halogens is 2. The largest absolute Gasteiger partial charge is 0.339 e. The molecule has 1 amide bonds. The summed E-state index contributed by atoms with van der Waals surface area (Å²) in [6.07, 6.45) is 3.17. The quantitative estimate of drug-likeness (QED) is 0.849. The number of piperidine rings is 1. The molecule has 136 valence electrons. The van der Waals surface area contributed by atoms with E-state index in [1.165, 1.54) is 12.5 Å². The van der Waals surface area contributed by atoms with E-state index in [9.17, 15) is 9.18 Å². The number of nitrogens with zero attached hydrogens (tertiary/aromatic N) is 1. The molecule has 5 heteroatoms. The van der Waals surface area contributed by atoms with Gasteiger partial charge in [0.25, 0.3) is 5.91 Å². The zero-order valence-electron chi connectivity index (χ0n) is 14.6. The number of amides is 1. The Labute approximate surface area is 158 Å². The Hall–Kier alpha value is -1.91. The van der Waals surface area contributed by atoms with Crippen molar-refractivity contribution in [3.8, 4) is 11.1 Å². The highest BCUT2D eigenvalue weighted by molar-refractivity contribution is 6.30. The van der Waals surface area contributed by atoms with Crippen LogP contribution in [-0.4, -0.2) is 37.0 Å². The van der Waals surface area contributed by atoms with E-state index in [4.69, 9.17) is 11.6 Å². The number of benzene rings is 2. The van der Waals surface area contributed by atoms with Crippen LogP contribution in [0.1, 0.15) is 29.6 Å². The van der Waals surface area contributed by atoms with E-state index in [1.807, 2.05) is 12.1 Å². The zero-order chi connectivity index (χ0) is 18.1. The molecule has 2 heterocycles. The third-order valence-corrected chi connectivity index (χ3v) is 6.07. The monoisotopic (exact) mass is 372 g/mol. The van der Waals surface area contributed by atoms with Crippen LogP contribution in [0.25, 0.3) is 11.1 Å². The summed E-state index contributed by atoms with van der Waals surface area (Å²) in [6.45, 7) is 3.52. The SMILES string of the molecule is O=C(c1ccc(-c2ccc(Cl)cc2)cc1F)N1CCC2(CCNC2)CC1. The maximum Gasteiger partial charge on any atom is 0.256 e. The number of nitrogens with one attached hydrogen (secondary N) is 1. The van der Waals surface area contributed by atoms with Crippen LogP contribution in [0, 0.1) is 11.2 Å². The van der Waals surface area contributed by atoms with E-state index >= 15 is 0 Å². The molecule has 2 fully saturated rings. The summed E-state index contributed by atoms with van der Waals surface area (Å²) in [5.41, 5.74) is 2.11. The third kappa shape index (κ3) is 3.36. The van der Waals surface area contributed by atoms with Crippen LogP contribution in [0.3, 0.4) is 0 Å². The van der Waals surface area contributed by atoms with Crippen molar-refractivity contribution >= 4 is 17.5 Å². The molecule has 0 aliphatic carbocycles. The number of likely N-dealkylation sites (tertiary alicyclic amines) is 1. The van der Waals surface area contributed by atoms with Crippen molar-refractivity contribution in [1.82, 2.24) is 10.2 Å². The molecule has 0 unspecified atom stereocenters. The highest BCUT2D eigenvalue weighted by Crippen LogP contribution is 2.37. The molecule has 0 saturated carbocycles. The van der Waals surface area contributed by atoms with Crippen LogP contribution in [0.15, 0.2) is 42.5 Å². The van der Waals surface area contributed by atoms with Crippen molar-refractivity contribution in [2.45, 2.75) is 19.3 Å². The Balaban J connectivity index is 1.49. The first-order valence-electron chi connectivity index (χ1n) is 9.12. The van der Waals surface area contributed by atoms with Crippen LogP contribution in [0.4, 0.5) is 4.39 Å². The van der Waals surface area contributed by atoms with Gasteiger partial charge in [0.1, 0.15) is 5.82 Å². The van der Waals surface area contributed by atoms with Gasteiger partial charge in [0, 0.05) is 24.7 Å². The Bertz CT molecular complexity index is 805. The number of hydrogen-bond acceptors (Lipinski definition) is 2. The molecular formula is C21H22ClFN2O. The summed E-state index contributed by atoms with van der Waals surface area (Å²) < 4.78 is 14.6. The second-order valence-electron chi connectivity index (χ2n) is 7.42. The molecule has 0 aromatic heterocycles. The molecule has 2 aromatic carbocycles. The predicted octanol–water partition coefficient (Wildman–Crippen LogP) is 4.36. The molecular weight excluding hydrogens is 351 g/mol. The molecule has 2 saturated heterocycles. The lowest BCUT2D eigenvalue weighted by Crippen LogP contribution is -2.44. The van der Waals surface area contributed by atoms with E-state index in [0.717, 1.165) is 37.1 Å². The van der Waals surface area contributed by atoms with Gasteiger partial charge in [-0.3, -0.25) is 4.79 Å². The average molecular weight is 373 g/mol. The van der Waals surface area contributed by atoms with Gasteiger partial charge in [-0.2, -0.15) is 0 Å². The molecule has 4 rings (SSSR count). The van der Waals surface area contributed by atoms with Gasteiger partial charge >= 0.3 is 0 Å². The Morgan fingerprint density at radius 2 is 1.73 bits per heavy atom. The van der Waals surface area contributed by atoms with Gasteiger partial charge < -0.3 is 10.2 Å². The molecule has 0 atom stereocenters. The first-order valence-corrected chi connectivity index (χ1v) is 9.50. The van der Waals surface area contributed by atoms with Crippen LogP contribution >= 0.6 is 11.6 Å². The van der Waals surface area contributed by atoms with Crippen molar-refractivity contribution in [3.05, 3.63) is 58.9 Å². The normalized spacial score (nSPS) is 19.1. The molecule has 0 radical (unpaired) electrons. The van der Waals surface area contributed by atoms with Gasteiger partial charge in [-0.1, -0.05) is 29.8 Å². The lowest BCUT2D eigenvalue weighted by Gasteiger charge is -2.39. The van der Waals surface area contributed by atoms with Gasteiger partial charge in [0.15, 0.2) is 0 Å². The van der Waals surface area contributed by atoms with Crippen molar-refractivity contribution in [2.75, 3.05) is 26.2 Å². The Kier molecular flexibility index (Phi) is 4.72. The van der Waals surface area contributed by atoms with Gasteiger partial charge in [-0.15, -0.1) is 0 Å². The maximum atomic E-state index is 14.6. The summed E-state index contributed by atoms with van der Waals surface area (Å²) >= 11 is 5.90. The van der Waals surface area contributed by atoms with Crippen LogP contribution < -0.4 is 5.32 Å². The lowest BCUT2D eigenvalue weighted by molar-refractivity contribution is 0.0603. The Morgan fingerprint density at radius 3 is 2.35 bits per heavy atom. The summed E-state index contributed by atoms with van der Waals surface area (Å²) in [7, 11) is 0. The van der Waals surface area contributed by atoms with Gasteiger partial charge in [0.05, 0.1) is 5.56 Å². The number of carbonyl (C=O) groups excluding carboxylic acids is 1. The van der Waals surface area contributed by atoms with Crippen LogP contribution in [0.5, 0.6) is 0 Å². The highest BCUT2D eigenvalue weighted by Gasteiger charge is 2.38. The highest BCUT2D eigenvalue weighted by atomic mass is 35.5. The van der Waals surface area contributed by atoms with Crippen molar-refractivity contribution in [1.29, 1.82) is 0 Å². The van der Waals surface area contributed by atoms with E-state index < -0.39 is 5.82 Å². The molecule has 26 heavy (non-hydrogen) atoms. The fourth-order valence-corrected chi connectivity index (χ4v) is 4.21. The van der Waals surface area contributed by atoms with E-state index in [-0.39, 0.29) is 11.5 Å². The van der Waals surface area contributed by atoms with E-state index in [0.29, 0.717) is 23.5 Å². The minimum Gasteiger partial charge on any atom is -0.339 e. The number of carbonyl (C=O) groups is 1. The fourth-order valence-electron chi connectivity index (χ4n) is 4.09. The summed E-state index contributed by atoms with van der Waals surface area (Å²) in [5, 5.41) is 4.06. The fraction of sp³-hybridized carbons (Fsp3) is 0.381. The minimum atomic E-state index is -0.467. The first-order chi connectivity index (χ1) is 12.6. The van der Waals surface area contributed by atoms with Gasteiger partial charge in [0.2, 0.25) is 0 Å². The Morgan fingerprint density at radius 1 is 1.04 bits per heavy atom. The van der Waals surface area contributed by atoms with Crippen molar-refractivity contribution in [2.24, 2.45) is 5.41 Å². The predicted molar refractivity (Wildman–Crippen MR) is 102 cm³/mol. The molecule has 0 bridgehead atoms. The van der Waals surface area contributed by atoms with Crippen LogP contribution in [0.2, 0.25) is 5.02 Å². The van der Waals surface area contributed by atoms with Crippen molar-refractivity contribution in [3.63, 3.8) is 0 Å². The molecule has 2 aliphatic heterocycles. The summed E-state index contributed by atoms with van der Waals surface area (Å²) in [6, 6.07) is 12.1. The second-order valence-corrected chi connectivity index (χ2v) is 7.86. The standard InChI is InChI=1S/C21H22ClFN2O/c22-17-4-1-15(2-5-17)16-3-6-18(19(23)13-16)20(26)25-11-8-21(9-12-25)7-10-24-14-21/h1-6,13,24H,7-12,14H2. The first kappa shape index (κ1) is 17.5. The van der Waals surface area contributed by atoms with Gasteiger partial charge in [-0.25, -0.2) is 4.39 Å².